The van der Waals surface area contributed by atoms with Crippen LogP contribution in [0, 0.1) is 0 Å². The molecule has 0 fully saturated rings. The average Bonchev–Trinajstić information content (AvgIpc) is 2.12. The summed E-state index contributed by atoms with van der Waals surface area (Å²) in [7, 11) is 1.22. The molecule has 0 amide bonds. The SMILES string of the molecule is COC(=O)C1=C[C@H](O)[C@@H](O)[C@H](O)C1. The standard InChI is InChI=1S/C8H12O5/c1-13-8(12)4-2-5(9)7(11)6(10)3-4/h2,5-7,9-11H,3H2,1H3/t5-,6+,7+/m0/s1. The number of hydrogen-bond acceptors (Lipinski definition) is 5. The van der Waals surface area contributed by atoms with Crippen LogP contribution >= 0.6 is 0 Å². The van der Waals surface area contributed by atoms with Gasteiger partial charge in [-0.2, -0.15) is 0 Å². The van der Waals surface area contributed by atoms with Crippen LogP contribution in [0.15, 0.2) is 11.6 Å². The molecule has 74 valence electrons. The van der Waals surface area contributed by atoms with Crippen molar-refractivity contribution in [2.24, 2.45) is 0 Å². The first kappa shape index (κ1) is 10.2. The fourth-order valence-electron chi connectivity index (χ4n) is 1.23. The normalized spacial score (nSPS) is 33.8. The van der Waals surface area contributed by atoms with Gasteiger partial charge in [-0.1, -0.05) is 0 Å². The summed E-state index contributed by atoms with van der Waals surface area (Å²) in [6, 6.07) is 0. The van der Waals surface area contributed by atoms with Crippen LogP contribution in [0.1, 0.15) is 6.42 Å². The third-order valence-corrected chi connectivity index (χ3v) is 1.99. The molecule has 0 bridgehead atoms. The number of esters is 1. The molecular weight excluding hydrogens is 176 g/mol. The molecule has 0 unspecified atom stereocenters. The second-order valence-electron chi connectivity index (χ2n) is 2.94. The van der Waals surface area contributed by atoms with Crippen molar-refractivity contribution < 1.29 is 24.9 Å². The number of methoxy groups -OCH3 is 1. The number of aliphatic hydroxyl groups excluding tert-OH is 3. The van der Waals surface area contributed by atoms with Gasteiger partial charge in [-0.15, -0.1) is 0 Å². The average molecular weight is 188 g/mol. The Balaban J connectivity index is 2.78. The molecule has 1 aliphatic carbocycles. The van der Waals surface area contributed by atoms with E-state index in [1.54, 1.807) is 0 Å². The maximum absolute atomic E-state index is 11.0. The summed E-state index contributed by atoms with van der Waals surface area (Å²) in [6.07, 6.45) is -2.35. The van der Waals surface area contributed by atoms with Gasteiger partial charge in [0, 0.05) is 12.0 Å². The van der Waals surface area contributed by atoms with E-state index >= 15 is 0 Å². The molecule has 0 saturated carbocycles. The minimum atomic E-state index is -1.23. The smallest absolute Gasteiger partial charge is 0.333 e. The quantitative estimate of drug-likeness (QED) is 0.439. The fraction of sp³-hybridized carbons (Fsp3) is 0.625. The molecule has 0 radical (unpaired) electrons. The fourth-order valence-corrected chi connectivity index (χ4v) is 1.23. The van der Waals surface area contributed by atoms with Crippen LogP contribution in [-0.2, 0) is 9.53 Å². The molecule has 0 aromatic rings. The van der Waals surface area contributed by atoms with Gasteiger partial charge in [-0.3, -0.25) is 0 Å². The van der Waals surface area contributed by atoms with Crippen molar-refractivity contribution >= 4 is 5.97 Å². The molecular formula is C8H12O5. The van der Waals surface area contributed by atoms with Crippen molar-refractivity contribution in [2.75, 3.05) is 7.11 Å². The molecule has 1 aliphatic rings. The van der Waals surface area contributed by atoms with Crippen molar-refractivity contribution in [1.82, 2.24) is 0 Å². The van der Waals surface area contributed by atoms with Gasteiger partial charge in [0.2, 0.25) is 0 Å². The Morgan fingerprint density at radius 2 is 2.15 bits per heavy atom. The molecule has 1 rings (SSSR count). The first-order chi connectivity index (χ1) is 6.06. The Kier molecular flexibility index (Phi) is 3.02. The summed E-state index contributed by atoms with van der Waals surface area (Å²) in [4.78, 5) is 11.0. The van der Waals surface area contributed by atoms with Gasteiger partial charge in [0.25, 0.3) is 0 Å². The van der Waals surface area contributed by atoms with Gasteiger partial charge in [0.05, 0.1) is 13.2 Å². The van der Waals surface area contributed by atoms with E-state index in [0.29, 0.717) is 0 Å². The molecule has 3 atom stereocenters. The molecule has 0 spiro atoms. The monoisotopic (exact) mass is 188 g/mol. The van der Waals surface area contributed by atoms with E-state index < -0.39 is 24.3 Å². The molecule has 5 nitrogen and oxygen atoms in total. The highest BCUT2D eigenvalue weighted by atomic mass is 16.5. The molecule has 13 heavy (non-hydrogen) atoms. The largest absolute Gasteiger partial charge is 0.466 e. The topological polar surface area (TPSA) is 87.0 Å². The van der Waals surface area contributed by atoms with Crippen LogP contribution < -0.4 is 0 Å². The molecule has 0 aromatic carbocycles. The van der Waals surface area contributed by atoms with Gasteiger partial charge in [-0.25, -0.2) is 4.79 Å². The number of carbonyl (C=O) groups is 1. The highest BCUT2D eigenvalue weighted by molar-refractivity contribution is 5.88. The van der Waals surface area contributed by atoms with Crippen LogP contribution in [0.25, 0.3) is 0 Å². The van der Waals surface area contributed by atoms with Crippen molar-refractivity contribution in [3.8, 4) is 0 Å². The van der Waals surface area contributed by atoms with Gasteiger partial charge in [0.15, 0.2) is 0 Å². The van der Waals surface area contributed by atoms with E-state index in [1.807, 2.05) is 0 Å². The van der Waals surface area contributed by atoms with Crippen molar-refractivity contribution in [2.45, 2.75) is 24.7 Å². The third-order valence-electron chi connectivity index (χ3n) is 1.99. The molecule has 0 heterocycles. The summed E-state index contributed by atoms with van der Waals surface area (Å²) in [5, 5.41) is 27.5. The van der Waals surface area contributed by atoms with E-state index in [0.717, 1.165) is 0 Å². The van der Waals surface area contributed by atoms with E-state index in [9.17, 15) is 9.90 Å². The Hall–Kier alpha value is -0.910. The summed E-state index contributed by atoms with van der Waals surface area (Å²) in [5.41, 5.74) is 0.188. The van der Waals surface area contributed by atoms with Crippen molar-refractivity contribution in [3.05, 3.63) is 11.6 Å². The maximum atomic E-state index is 11.0. The van der Waals surface area contributed by atoms with Gasteiger partial charge >= 0.3 is 5.97 Å². The zero-order chi connectivity index (χ0) is 10.0. The Bertz CT molecular complexity index is 235. The first-order valence-corrected chi connectivity index (χ1v) is 3.89. The number of hydrogen-bond donors (Lipinski definition) is 3. The minimum Gasteiger partial charge on any atom is -0.466 e. The molecule has 0 aromatic heterocycles. The molecule has 3 N–H and O–H groups in total. The Morgan fingerprint density at radius 1 is 1.54 bits per heavy atom. The molecule has 0 aliphatic heterocycles. The maximum Gasteiger partial charge on any atom is 0.333 e. The number of rotatable bonds is 1. The molecule has 5 heteroatoms. The highest BCUT2D eigenvalue weighted by Gasteiger charge is 2.31. The lowest BCUT2D eigenvalue weighted by molar-refractivity contribution is -0.137. The van der Waals surface area contributed by atoms with Gasteiger partial charge < -0.3 is 20.1 Å². The van der Waals surface area contributed by atoms with Gasteiger partial charge in [-0.05, 0) is 6.08 Å². The highest BCUT2D eigenvalue weighted by Crippen LogP contribution is 2.20. The predicted molar refractivity (Wildman–Crippen MR) is 42.7 cm³/mol. The first-order valence-electron chi connectivity index (χ1n) is 3.89. The van der Waals surface area contributed by atoms with Crippen LogP contribution in [-0.4, -0.2) is 46.7 Å². The lowest BCUT2D eigenvalue weighted by Gasteiger charge is -2.26. The zero-order valence-corrected chi connectivity index (χ0v) is 7.17. The van der Waals surface area contributed by atoms with Crippen LogP contribution in [0.5, 0.6) is 0 Å². The number of ether oxygens (including phenoxy) is 1. The van der Waals surface area contributed by atoms with Crippen molar-refractivity contribution in [3.63, 3.8) is 0 Å². The van der Waals surface area contributed by atoms with E-state index in [1.165, 1.54) is 13.2 Å². The zero-order valence-electron chi connectivity index (χ0n) is 7.17. The Labute approximate surface area is 75.3 Å². The van der Waals surface area contributed by atoms with Crippen molar-refractivity contribution in [1.29, 1.82) is 0 Å². The van der Waals surface area contributed by atoms with Crippen LogP contribution in [0.2, 0.25) is 0 Å². The Morgan fingerprint density at radius 3 is 2.62 bits per heavy atom. The summed E-state index contributed by atoms with van der Waals surface area (Å²) in [5.74, 6) is -0.593. The second kappa shape index (κ2) is 3.87. The third kappa shape index (κ3) is 2.06. The molecule has 0 saturated heterocycles. The predicted octanol–water partition coefficient (Wildman–Crippen LogP) is -1.43. The summed E-state index contributed by atoms with van der Waals surface area (Å²) < 4.78 is 4.41. The lowest BCUT2D eigenvalue weighted by Crippen LogP contribution is -2.40. The van der Waals surface area contributed by atoms with E-state index in [4.69, 9.17) is 10.2 Å². The summed E-state index contributed by atoms with van der Waals surface area (Å²) >= 11 is 0. The number of aliphatic hydroxyl groups is 3. The summed E-state index contributed by atoms with van der Waals surface area (Å²) in [6.45, 7) is 0. The van der Waals surface area contributed by atoms with Gasteiger partial charge in [0.1, 0.15) is 12.2 Å². The van der Waals surface area contributed by atoms with Crippen LogP contribution in [0.3, 0.4) is 0 Å². The minimum absolute atomic E-state index is 0.00486. The second-order valence-corrected chi connectivity index (χ2v) is 2.94. The number of carbonyl (C=O) groups excluding carboxylic acids is 1. The lowest BCUT2D eigenvalue weighted by atomic mass is 9.92. The van der Waals surface area contributed by atoms with E-state index in [2.05, 4.69) is 4.74 Å². The van der Waals surface area contributed by atoms with Crippen LogP contribution in [0.4, 0.5) is 0 Å². The van der Waals surface area contributed by atoms with E-state index in [-0.39, 0.29) is 12.0 Å².